The molecule has 4 heteroatoms. The molecule has 18 heavy (non-hydrogen) atoms. The summed E-state index contributed by atoms with van der Waals surface area (Å²) in [6.07, 6.45) is 6.08. The fourth-order valence-electron chi connectivity index (χ4n) is 2.70. The number of hydrogen-bond acceptors (Lipinski definition) is 3. The van der Waals surface area contributed by atoms with Gasteiger partial charge in [-0.1, -0.05) is 6.08 Å². The number of nitrogens with one attached hydrogen (secondary N) is 1. The van der Waals surface area contributed by atoms with E-state index in [-0.39, 0.29) is 0 Å². The van der Waals surface area contributed by atoms with Gasteiger partial charge in [0.2, 0.25) is 5.91 Å². The predicted octanol–water partition coefficient (Wildman–Crippen LogP) is 1.18. The molecule has 0 aromatic heterocycles. The Labute approximate surface area is 109 Å². The lowest BCUT2D eigenvalue weighted by Gasteiger charge is -2.26. The van der Waals surface area contributed by atoms with E-state index in [0.717, 1.165) is 39.0 Å². The molecule has 102 valence electrons. The van der Waals surface area contributed by atoms with E-state index in [1.807, 2.05) is 4.90 Å². The molecule has 1 N–H and O–H groups in total. The summed E-state index contributed by atoms with van der Waals surface area (Å²) in [6, 6.07) is 0. The Balaban J connectivity index is 1.70. The largest absolute Gasteiger partial charge is 0.380 e. The molecule has 2 heterocycles. The smallest absolute Gasteiger partial charge is 0.222 e. The van der Waals surface area contributed by atoms with Crippen LogP contribution in [0.25, 0.3) is 0 Å². The molecule has 2 aliphatic heterocycles. The van der Waals surface area contributed by atoms with E-state index < -0.39 is 0 Å². The molecule has 0 radical (unpaired) electrons. The highest BCUT2D eigenvalue weighted by Gasteiger charge is 2.20. The Bertz CT molecular complexity index is 309. The van der Waals surface area contributed by atoms with Gasteiger partial charge in [0.05, 0.1) is 6.61 Å². The third-order valence-corrected chi connectivity index (χ3v) is 3.91. The molecule has 1 saturated heterocycles. The van der Waals surface area contributed by atoms with Crippen molar-refractivity contribution in [1.82, 2.24) is 10.2 Å². The van der Waals surface area contributed by atoms with Crippen molar-refractivity contribution in [3.8, 4) is 0 Å². The number of methoxy groups -OCH3 is 1. The number of amides is 1. The lowest BCUT2D eigenvalue weighted by atomic mass is 10.0. The lowest BCUT2D eigenvalue weighted by Crippen LogP contribution is -2.35. The van der Waals surface area contributed by atoms with Gasteiger partial charge < -0.3 is 15.0 Å². The highest BCUT2D eigenvalue weighted by molar-refractivity contribution is 5.76. The molecule has 0 aliphatic carbocycles. The van der Waals surface area contributed by atoms with Crippen LogP contribution in [0, 0.1) is 5.92 Å². The first kappa shape index (κ1) is 13.6. The second-order valence-electron chi connectivity index (χ2n) is 5.28. The van der Waals surface area contributed by atoms with Crippen LogP contribution < -0.4 is 5.32 Å². The Hall–Kier alpha value is -0.870. The van der Waals surface area contributed by atoms with Gasteiger partial charge in [0.25, 0.3) is 0 Å². The molecule has 1 unspecified atom stereocenters. The highest BCUT2D eigenvalue weighted by atomic mass is 16.5. The summed E-state index contributed by atoms with van der Waals surface area (Å²) < 4.78 is 5.11. The van der Waals surface area contributed by atoms with Crippen molar-refractivity contribution in [2.45, 2.75) is 25.7 Å². The Kier molecular flexibility index (Phi) is 5.20. The predicted molar refractivity (Wildman–Crippen MR) is 71.4 cm³/mol. The van der Waals surface area contributed by atoms with E-state index in [2.05, 4.69) is 11.4 Å². The topological polar surface area (TPSA) is 41.6 Å². The first-order valence-corrected chi connectivity index (χ1v) is 6.95. The average Bonchev–Trinajstić information content (AvgIpc) is 2.90. The van der Waals surface area contributed by atoms with Crippen molar-refractivity contribution in [3.05, 3.63) is 11.6 Å². The number of rotatable bonds is 5. The molecule has 2 aliphatic rings. The van der Waals surface area contributed by atoms with E-state index in [4.69, 9.17) is 4.74 Å². The molecule has 0 aromatic rings. The molecule has 1 fully saturated rings. The molecule has 0 spiro atoms. The van der Waals surface area contributed by atoms with Gasteiger partial charge in [-0.2, -0.15) is 0 Å². The number of carbonyl (C=O) groups is 1. The maximum atomic E-state index is 12.1. The Morgan fingerprint density at radius 2 is 2.50 bits per heavy atom. The fraction of sp³-hybridized carbons (Fsp3) is 0.786. The summed E-state index contributed by atoms with van der Waals surface area (Å²) in [5.74, 6) is 1.02. The van der Waals surface area contributed by atoms with Gasteiger partial charge in [-0.15, -0.1) is 0 Å². The molecule has 1 amide bonds. The molecule has 0 saturated carbocycles. The summed E-state index contributed by atoms with van der Waals surface area (Å²) in [4.78, 5) is 14.0. The summed E-state index contributed by atoms with van der Waals surface area (Å²) in [5.41, 5.74) is 1.32. The Morgan fingerprint density at radius 1 is 1.61 bits per heavy atom. The van der Waals surface area contributed by atoms with Crippen LogP contribution in [0.1, 0.15) is 25.7 Å². The van der Waals surface area contributed by atoms with E-state index >= 15 is 0 Å². The van der Waals surface area contributed by atoms with Crippen LogP contribution in [0.15, 0.2) is 11.6 Å². The number of ether oxygens (including phenoxy) is 1. The molecular formula is C14H24N2O2. The monoisotopic (exact) mass is 252 g/mol. The summed E-state index contributed by atoms with van der Waals surface area (Å²) in [6.45, 7) is 4.53. The standard InChI is InChI=1S/C14H24N2O2/c1-18-11-13-5-8-16(9-6-13)14(17)3-2-12-4-7-15-10-12/h5,12,15H,2-4,6-11H2,1H3. The second kappa shape index (κ2) is 6.90. The van der Waals surface area contributed by atoms with E-state index in [1.165, 1.54) is 12.0 Å². The van der Waals surface area contributed by atoms with Crippen LogP contribution in [0.2, 0.25) is 0 Å². The van der Waals surface area contributed by atoms with Crippen LogP contribution in [0.5, 0.6) is 0 Å². The lowest BCUT2D eigenvalue weighted by molar-refractivity contribution is -0.131. The third-order valence-electron chi connectivity index (χ3n) is 3.91. The van der Waals surface area contributed by atoms with Gasteiger partial charge in [-0.3, -0.25) is 4.79 Å². The number of carbonyl (C=O) groups excluding carboxylic acids is 1. The van der Waals surface area contributed by atoms with Gasteiger partial charge in [-0.25, -0.2) is 0 Å². The summed E-state index contributed by atoms with van der Waals surface area (Å²) in [7, 11) is 1.72. The SMILES string of the molecule is COCC1=CCN(C(=O)CCC2CCNC2)CC1. The zero-order valence-electron chi connectivity index (χ0n) is 11.3. The highest BCUT2D eigenvalue weighted by Crippen LogP contribution is 2.17. The second-order valence-corrected chi connectivity index (χ2v) is 5.28. The van der Waals surface area contributed by atoms with Crippen LogP contribution in [-0.4, -0.2) is 50.7 Å². The summed E-state index contributed by atoms with van der Waals surface area (Å²) >= 11 is 0. The quantitative estimate of drug-likeness (QED) is 0.747. The fourth-order valence-corrected chi connectivity index (χ4v) is 2.70. The first-order valence-electron chi connectivity index (χ1n) is 6.95. The first-order chi connectivity index (χ1) is 8.79. The number of nitrogens with zero attached hydrogens (tertiary/aromatic N) is 1. The van der Waals surface area contributed by atoms with E-state index in [0.29, 0.717) is 24.9 Å². The molecular weight excluding hydrogens is 228 g/mol. The van der Waals surface area contributed by atoms with Crippen LogP contribution in [0.4, 0.5) is 0 Å². The maximum Gasteiger partial charge on any atom is 0.222 e. The minimum Gasteiger partial charge on any atom is -0.380 e. The maximum absolute atomic E-state index is 12.1. The van der Waals surface area contributed by atoms with Gasteiger partial charge in [0.1, 0.15) is 0 Å². The van der Waals surface area contributed by atoms with Crippen molar-refractivity contribution < 1.29 is 9.53 Å². The minimum atomic E-state index is 0.314. The van der Waals surface area contributed by atoms with Gasteiger partial charge in [0.15, 0.2) is 0 Å². The van der Waals surface area contributed by atoms with Crippen molar-refractivity contribution >= 4 is 5.91 Å². The zero-order chi connectivity index (χ0) is 12.8. The van der Waals surface area contributed by atoms with Crippen molar-refractivity contribution in [3.63, 3.8) is 0 Å². The molecule has 4 nitrogen and oxygen atoms in total. The van der Waals surface area contributed by atoms with Crippen molar-refractivity contribution in [1.29, 1.82) is 0 Å². The van der Waals surface area contributed by atoms with Crippen LogP contribution in [0.3, 0.4) is 0 Å². The van der Waals surface area contributed by atoms with Crippen molar-refractivity contribution in [2.75, 3.05) is 39.9 Å². The van der Waals surface area contributed by atoms with Crippen LogP contribution >= 0.6 is 0 Å². The third kappa shape index (κ3) is 3.82. The van der Waals surface area contributed by atoms with E-state index in [9.17, 15) is 4.79 Å². The van der Waals surface area contributed by atoms with E-state index in [1.54, 1.807) is 7.11 Å². The van der Waals surface area contributed by atoms with Gasteiger partial charge in [-0.05, 0) is 43.8 Å². The molecule has 0 aromatic carbocycles. The minimum absolute atomic E-state index is 0.314. The zero-order valence-corrected chi connectivity index (χ0v) is 11.3. The van der Waals surface area contributed by atoms with Gasteiger partial charge >= 0.3 is 0 Å². The molecule has 0 bridgehead atoms. The number of hydrogen-bond donors (Lipinski definition) is 1. The summed E-state index contributed by atoms with van der Waals surface area (Å²) in [5, 5.41) is 3.35. The Morgan fingerprint density at radius 3 is 3.11 bits per heavy atom. The molecule has 2 rings (SSSR count). The van der Waals surface area contributed by atoms with Gasteiger partial charge in [0, 0.05) is 26.6 Å². The average molecular weight is 252 g/mol. The van der Waals surface area contributed by atoms with Crippen LogP contribution in [-0.2, 0) is 9.53 Å². The van der Waals surface area contributed by atoms with Crippen molar-refractivity contribution in [2.24, 2.45) is 5.92 Å². The molecule has 1 atom stereocenters. The normalized spacial score (nSPS) is 24.2.